The third kappa shape index (κ3) is 2.67. The van der Waals surface area contributed by atoms with Gasteiger partial charge < -0.3 is 10.5 Å². The van der Waals surface area contributed by atoms with Crippen molar-refractivity contribution in [2.75, 3.05) is 11.5 Å². The van der Waals surface area contributed by atoms with Gasteiger partial charge in [0.2, 0.25) is 0 Å². The second-order valence-electron chi connectivity index (χ2n) is 4.75. The molecule has 2 N–H and O–H groups in total. The lowest BCUT2D eigenvalue weighted by Gasteiger charge is -2.11. The molecule has 0 aromatic heterocycles. The zero-order valence-corrected chi connectivity index (χ0v) is 12.3. The Morgan fingerprint density at radius 1 is 1.30 bits per heavy atom. The normalized spacial score (nSPS) is 18.4. The summed E-state index contributed by atoms with van der Waals surface area (Å²) < 4.78 is 18.2. The summed E-state index contributed by atoms with van der Waals surface area (Å²) in [5.41, 5.74) is 7.49. The van der Waals surface area contributed by atoms with Gasteiger partial charge in [0.15, 0.2) is 0 Å². The molecule has 0 aliphatic carbocycles. The summed E-state index contributed by atoms with van der Waals surface area (Å²) in [6, 6.07) is 12.9. The van der Waals surface area contributed by atoms with Crippen LogP contribution in [0.25, 0.3) is 0 Å². The molecule has 0 spiro atoms. The zero-order chi connectivity index (χ0) is 14.1. The van der Waals surface area contributed by atoms with E-state index < -0.39 is 10.8 Å². The lowest BCUT2D eigenvalue weighted by molar-refractivity contribution is 0.258. The number of hydrogen-bond acceptors (Lipinski definition) is 3. The van der Waals surface area contributed by atoms with E-state index in [-0.39, 0.29) is 6.10 Å². The van der Waals surface area contributed by atoms with E-state index in [1.807, 2.05) is 24.3 Å². The van der Waals surface area contributed by atoms with Crippen LogP contribution < -0.4 is 10.5 Å². The van der Waals surface area contributed by atoms with Gasteiger partial charge in [0.1, 0.15) is 11.9 Å². The van der Waals surface area contributed by atoms with E-state index >= 15 is 0 Å². The van der Waals surface area contributed by atoms with Crippen LogP contribution in [0.15, 0.2) is 47.4 Å². The maximum Gasteiger partial charge on any atom is 0.123 e. The van der Waals surface area contributed by atoms with Crippen LogP contribution in [0.2, 0.25) is 5.02 Å². The molecular weight excluding hydrogens is 294 g/mol. The number of anilines is 1. The van der Waals surface area contributed by atoms with Crippen molar-refractivity contribution in [2.24, 2.45) is 0 Å². The first-order valence-corrected chi connectivity index (χ1v) is 8.01. The number of benzene rings is 2. The summed E-state index contributed by atoms with van der Waals surface area (Å²) in [6.45, 7) is 0. The standard InChI is InChI=1S/C15H14ClNO2S/c16-11-5-6-15(13(17)8-11)20(18)9-12-7-10-3-1-2-4-14(10)19-12/h1-6,8,12H,7,9,17H2. The van der Waals surface area contributed by atoms with Crippen LogP contribution in [-0.2, 0) is 17.2 Å². The van der Waals surface area contributed by atoms with Crippen LogP contribution in [0.1, 0.15) is 5.56 Å². The van der Waals surface area contributed by atoms with Gasteiger partial charge in [-0.05, 0) is 29.8 Å². The summed E-state index contributed by atoms with van der Waals surface area (Å²) in [4.78, 5) is 0.619. The molecule has 2 aromatic carbocycles. The molecule has 5 heteroatoms. The highest BCUT2D eigenvalue weighted by atomic mass is 35.5. The Hall–Kier alpha value is -1.52. The number of nitrogen functional groups attached to an aromatic ring is 1. The van der Waals surface area contributed by atoms with Crippen molar-refractivity contribution in [3.05, 3.63) is 53.1 Å². The molecule has 0 amide bonds. The van der Waals surface area contributed by atoms with E-state index in [1.165, 1.54) is 5.56 Å². The minimum atomic E-state index is -1.19. The third-order valence-electron chi connectivity index (χ3n) is 3.27. The Morgan fingerprint density at radius 2 is 2.10 bits per heavy atom. The number of para-hydroxylation sites is 1. The number of nitrogens with two attached hydrogens (primary N) is 1. The van der Waals surface area contributed by atoms with E-state index in [4.69, 9.17) is 22.1 Å². The Kier molecular flexibility index (Phi) is 3.68. The van der Waals surface area contributed by atoms with Crippen LogP contribution >= 0.6 is 11.6 Å². The molecule has 3 rings (SSSR count). The predicted molar refractivity (Wildman–Crippen MR) is 81.7 cm³/mol. The number of hydrogen-bond donors (Lipinski definition) is 1. The molecule has 2 aromatic rings. The Balaban J connectivity index is 1.72. The van der Waals surface area contributed by atoms with Crippen molar-refractivity contribution in [1.29, 1.82) is 0 Å². The molecule has 20 heavy (non-hydrogen) atoms. The molecule has 1 aliphatic rings. The summed E-state index contributed by atoms with van der Waals surface area (Å²) in [7, 11) is -1.19. The number of rotatable bonds is 3. The molecule has 104 valence electrons. The van der Waals surface area contributed by atoms with E-state index in [0.717, 1.165) is 12.2 Å². The number of halogens is 1. The first-order chi connectivity index (χ1) is 9.63. The van der Waals surface area contributed by atoms with Crippen LogP contribution in [0.4, 0.5) is 5.69 Å². The Labute approximate surface area is 125 Å². The molecule has 1 heterocycles. The van der Waals surface area contributed by atoms with Gasteiger partial charge in [0.25, 0.3) is 0 Å². The molecule has 0 fully saturated rings. The lowest BCUT2D eigenvalue weighted by atomic mass is 10.1. The van der Waals surface area contributed by atoms with Crippen LogP contribution in [-0.4, -0.2) is 16.1 Å². The van der Waals surface area contributed by atoms with Crippen molar-refractivity contribution >= 4 is 28.1 Å². The highest BCUT2D eigenvalue weighted by Gasteiger charge is 2.25. The molecule has 2 atom stereocenters. The second kappa shape index (κ2) is 5.46. The average molecular weight is 308 g/mol. The smallest absolute Gasteiger partial charge is 0.123 e. The summed E-state index contributed by atoms with van der Waals surface area (Å²) in [5, 5.41) is 0.549. The minimum Gasteiger partial charge on any atom is -0.489 e. The van der Waals surface area contributed by atoms with Crippen LogP contribution in [0, 0.1) is 0 Å². The van der Waals surface area contributed by atoms with E-state index in [1.54, 1.807) is 18.2 Å². The second-order valence-corrected chi connectivity index (χ2v) is 6.65. The SMILES string of the molecule is Nc1cc(Cl)ccc1S(=O)CC1Cc2ccccc2O1. The molecule has 0 bridgehead atoms. The minimum absolute atomic E-state index is 0.0664. The van der Waals surface area contributed by atoms with E-state index in [0.29, 0.717) is 21.4 Å². The summed E-state index contributed by atoms with van der Waals surface area (Å²) in [6.07, 6.45) is 0.721. The highest BCUT2D eigenvalue weighted by molar-refractivity contribution is 7.85. The van der Waals surface area contributed by atoms with Crippen molar-refractivity contribution in [2.45, 2.75) is 17.4 Å². The van der Waals surface area contributed by atoms with Gasteiger partial charge in [-0.15, -0.1) is 0 Å². The van der Waals surface area contributed by atoms with Gasteiger partial charge in [0, 0.05) is 17.1 Å². The summed E-state index contributed by atoms with van der Waals surface area (Å²) >= 11 is 5.85. The molecule has 3 nitrogen and oxygen atoms in total. The summed E-state index contributed by atoms with van der Waals surface area (Å²) in [5.74, 6) is 1.32. The van der Waals surface area contributed by atoms with Crippen molar-refractivity contribution in [3.63, 3.8) is 0 Å². The van der Waals surface area contributed by atoms with Crippen molar-refractivity contribution < 1.29 is 8.95 Å². The molecular formula is C15H14ClNO2S. The maximum atomic E-state index is 12.4. The molecule has 0 saturated carbocycles. The van der Waals surface area contributed by atoms with Crippen LogP contribution in [0.5, 0.6) is 5.75 Å². The molecule has 2 unspecified atom stereocenters. The van der Waals surface area contributed by atoms with E-state index in [9.17, 15) is 4.21 Å². The van der Waals surface area contributed by atoms with Gasteiger partial charge >= 0.3 is 0 Å². The van der Waals surface area contributed by atoms with E-state index in [2.05, 4.69) is 0 Å². The largest absolute Gasteiger partial charge is 0.489 e. The average Bonchev–Trinajstić information content (AvgIpc) is 2.80. The fourth-order valence-corrected chi connectivity index (χ4v) is 3.76. The fourth-order valence-electron chi connectivity index (χ4n) is 2.33. The highest BCUT2D eigenvalue weighted by Crippen LogP contribution is 2.30. The predicted octanol–water partition coefficient (Wildman–Crippen LogP) is 3.03. The quantitative estimate of drug-likeness (QED) is 0.887. The molecule has 0 radical (unpaired) electrons. The Morgan fingerprint density at radius 3 is 2.85 bits per heavy atom. The van der Waals surface area contributed by atoms with Crippen LogP contribution in [0.3, 0.4) is 0 Å². The Bertz CT molecular complexity index is 650. The first-order valence-electron chi connectivity index (χ1n) is 6.31. The zero-order valence-electron chi connectivity index (χ0n) is 10.7. The van der Waals surface area contributed by atoms with Crippen molar-refractivity contribution in [3.8, 4) is 5.75 Å². The monoisotopic (exact) mass is 307 g/mol. The maximum absolute atomic E-state index is 12.4. The molecule has 1 aliphatic heterocycles. The first kappa shape index (κ1) is 13.5. The van der Waals surface area contributed by atoms with Gasteiger partial charge in [-0.25, -0.2) is 0 Å². The number of fused-ring (bicyclic) bond motifs is 1. The number of ether oxygens (including phenoxy) is 1. The fraction of sp³-hybridized carbons (Fsp3) is 0.200. The van der Waals surface area contributed by atoms with Gasteiger partial charge in [-0.3, -0.25) is 4.21 Å². The lowest BCUT2D eigenvalue weighted by Crippen LogP contribution is -2.22. The van der Waals surface area contributed by atoms with Gasteiger partial charge in [-0.2, -0.15) is 0 Å². The third-order valence-corrected chi connectivity index (χ3v) is 5.04. The topological polar surface area (TPSA) is 52.3 Å². The van der Waals surface area contributed by atoms with Gasteiger partial charge in [-0.1, -0.05) is 29.8 Å². The van der Waals surface area contributed by atoms with Crippen molar-refractivity contribution in [1.82, 2.24) is 0 Å². The van der Waals surface area contributed by atoms with Gasteiger partial charge in [0.05, 0.1) is 21.4 Å². The molecule has 0 saturated heterocycles.